The number of aryl methyl sites for hydroxylation is 1. The van der Waals surface area contributed by atoms with Gasteiger partial charge in [0.25, 0.3) is 5.91 Å². The van der Waals surface area contributed by atoms with Gasteiger partial charge in [-0.25, -0.2) is 0 Å². The van der Waals surface area contributed by atoms with Crippen LogP contribution in [-0.4, -0.2) is 35.6 Å². The van der Waals surface area contributed by atoms with Crippen LogP contribution >= 0.6 is 11.3 Å². The van der Waals surface area contributed by atoms with E-state index in [1.165, 1.54) is 23.5 Å². The maximum absolute atomic E-state index is 13.1. The largest absolute Gasteiger partial charge is 0.416 e. The van der Waals surface area contributed by atoms with Gasteiger partial charge in [0.2, 0.25) is 5.91 Å². The number of carbonyl (C=O) groups is 2. The molecule has 0 unspecified atom stereocenters. The van der Waals surface area contributed by atoms with Gasteiger partial charge in [0.15, 0.2) is 4.80 Å². The van der Waals surface area contributed by atoms with Crippen molar-refractivity contribution in [3.63, 3.8) is 0 Å². The first-order valence-electron chi connectivity index (χ1n) is 10.9. The van der Waals surface area contributed by atoms with Crippen molar-refractivity contribution in [2.75, 3.05) is 13.2 Å². The van der Waals surface area contributed by atoms with Crippen molar-refractivity contribution in [2.45, 2.75) is 45.0 Å². The van der Waals surface area contributed by atoms with E-state index in [4.69, 9.17) is 4.74 Å². The molecule has 2 heterocycles. The van der Waals surface area contributed by atoms with Crippen molar-refractivity contribution >= 4 is 33.4 Å². The van der Waals surface area contributed by atoms with Gasteiger partial charge in [0.1, 0.15) is 6.04 Å². The quantitative estimate of drug-likeness (QED) is 0.566. The molecule has 2 amide bonds. The zero-order chi connectivity index (χ0) is 24.5. The Labute approximate surface area is 198 Å². The van der Waals surface area contributed by atoms with Crippen LogP contribution in [0.5, 0.6) is 0 Å². The Morgan fingerprint density at radius 1 is 1.26 bits per heavy atom. The van der Waals surface area contributed by atoms with Gasteiger partial charge in [0, 0.05) is 18.7 Å². The van der Waals surface area contributed by atoms with Gasteiger partial charge in [-0.1, -0.05) is 23.5 Å². The maximum Gasteiger partial charge on any atom is 0.416 e. The lowest BCUT2D eigenvalue weighted by atomic mass is 10.1. The fraction of sp³-hybridized carbons (Fsp3) is 0.375. The Balaban J connectivity index is 1.71. The van der Waals surface area contributed by atoms with E-state index < -0.39 is 23.7 Å². The Bertz CT molecular complexity index is 1290. The summed E-state index contributed by atoms with van der Waals surface area (Å²) in [4.78, 5) is 30.1. The second kappa shape index (κ2) is 9.71. The zero-order valence-corrected chi connectivity index (χ0v) is 19.5. The van der Waals surface area contributed by atoms with E-state index in [0.29, 0.717) is 18.7 Å². The van der Waals surface area contributed by atoms with Crippen LogP contribution in [-0.2, 0) is 15.7 Å². The highest BCUT2D eigenvalue weighted by atomic mass is 32.1. The highest BCUT2D eigenvalue weighted by Crippen LogP contribution is 2.30. The van der Waals surface area contributed by atoms with Crippen molar-refractivity contribution < 1.29 is 27.5 Å². The molecule has 2 aromatic carbocycles. The van der Waals surface area contributed by atoms with E-state index in [0.717, 1.165) is 35.2 Å². The van der Waals surface area contributed by atoms with Crippen LogP contribution in [0.3, 0.4) is 0 Å². The van der Waals surface area contributed by atoms with Crippen LogP contribution in [0.25, 0.3) is 10.2 Å². The van der Waals surface area contributed by atoms with Crippen LogP contribution in [0.15, 0.2) is 47.5 Å². The molecule has 0 spiro atoms. The van der Waals surface area contributed by atoms with Gasteiger partial charge in [-0.3, -0.25) is 9.59 Å². The lowest BCUT2D eigenvalue weighted by Crippen LogP contribution is -2.38. The number of nitrogens with one attached hydrogen (secondary N) is 1. The summed E-state index contributed by atoms with van der Waals surface area (Å²) >= 11 is 1.21. The fourth-order valence-electron chi connectivity index (χ4n) is 3.87. The van der Waals surface area contributed by atoms with Gasteiger partial charge in [-0.15, -0.1) is 0 Å². The molecule has 0 bridgehead atoms. The van der Waals surface area contributed by atoms with E-state index >= 15 is 0 Å². The van der Waals surface area contributed by atoms with E-state index in [9.17, 15) is 22.8 Å². The molecule has 3 aromatic rings. The Hall–Kier alpha value is -2.98. The third-order valence-corrected chi connectivity index (χ3v) is 6.73. The highest BCUT2D eigenvalue weighted by Gasteiger charge is 2.31. The van der Waals surface area contributed by atoms with E-state index in [1.807, 2.05) is 25.1 Å². The van der Waals surface area contributed by atoms with Crippen molar-refractivity contribution in [3.05, 3.63) is 64.0 Å². The predicted molar refractivity (Wildman–Crippen MR) is 123 cm³/mol. The molecule has 2 atom stereocenters. The molecule has 0 radical (unpaired) electrons. The van der Waals surface area contributed by atoms with Crippen molar-refractivity contribution in [2.24, 2.45) is 4.99 Å². The zero-order valence-electron chi connectivity index (χ0n) is 18.7. The number of rotatable bonds is 5. The SMILES string of the molecule is Cc1ccc2c(c1)sc(=NC(=O)c1cccc(C(F)(F)F)c1)n2[C@H](C)C(=O)NC[C@H]1CCCO1. The molecule has 0 aliphatic carbocycles. The number of thiazole rings is 1. The number of ether oxygens (including phenoxy) is 1. The van der Waals surface area contributed by atoms with E-state index in [1.54, 1.807) is 11.5 Å². The smallest absolute Gasteiger partial charge is 0.376 e. The number of nitrogens with zero attached hydrogens (tertiary/aromatic N) is 2. The Kier molecular flexibility index (Phi) is 6.90. The Morgan fingerprint density at radius 3 is 2.76 bits per heavy atom. The van der Waals surface area contributed by atoms with E-state index in [-0.39, 0.29) is 22.4 Å². The van der Waals surface area contributed by atoms with E-state index in [2.05, 4.69) is 10.3 Å². The topological polar surface area (TPSA) is 72.7 Å². The average Bonchev–Trinajstić information content (AvgIpc) is 3.43. The molecule has 4 rings (SSSR count). The first kappa shape index (κ1) is 24.2. The van der Waals surface area contributed by atoms with Crippen molar-refractivity contribution in [1.29, 1.82) is 0 Å². The highest BCUT2D eigenvalue weighted by molar-refractivity contribution is 7.16. The first-order chi connectivity index (χ1) is 16.1. The van der Waals surface area contributed by atoms with Crippen molar-refractivity contribution in [1.82, 2.24) is 9.88 Å². The summed E-state index contributed by atoms with van der Waals surface area (Å²) in [7, 11) is 0. The fourth-order valence-corrected chi connectivity index (χ4v) is 5.06. The van der Waals surface area contributed by atoms with Gasteiger partial charge >= 0.3 is 6.18 Å². The third-order valence-electron chi connectivity index (χ3n) is 5.71. The van der Waals surface area contributed by atoms with Gasteiger partial charge in [-0.2, -0.15) is 18.2 Å². The Morgan fingerprint density at radius 2 is 2.06 bits per heavy atom. The number of alkyl halides is 3. The normalized spacial score (nSPS) is 17.8. The summed E-state index contributed by atoms with van der Waals surface area (Å²) in [6.45, 7) is 4.69. The monoisotopic (exact) mass is 491 g/mol. The summed E-state index contributed by atoms with van der Waals surface area (Å²) in [5.41, 5.74) is 0.610. The molecule has 1 N–H and O–H groups in total. The summed E-state index contributed by atoms with van der Waals surface area (Å²) < 4.78 is 47.3. The lowest BCUT2D eigenvalue weighted by Gasteiger charge is -2.17. The number of amides is 2. The minimum atomic E-state index is -4.57. The molecule has 34 heavy (non-hydrogen) atoms. The van der Waals surface area contributed by atoms with Crippen LogP contribution in [0, 0.1) is 6.92 Å². The molecular formula is C24H24F3N3O3S. The maximum atomic E-state index is 13.1. The van der Waals surface area contributed by atoms with Crippen LogP contribution < -0.4 is 10.1 Å². The molecule has 1 fully saturated rings. The number of carbonyl (C=O) groups excluding carboxylic acids is 2. The molecular weight excluding hydrogens is 467 g/mol. The van der Waals surface area contributed by atoms with Gasteiger partial charge < -0.3 is 14.6 Å². The van der Waals surface area contributed by atoms with Crippen LogP contribution in [0.1, 0.15) is 47.3 Å². The molecule has 1 aliphatic rings. The first-order valence-corrected chi connectivity index (χ1v) is 11.7. The molecule has 180 valence electrons. The predicted octanol–water partition coefficient (Wildman–Crippen LogP) is 4.63. The number of benzene rings is 2. The van der Waals surface area contributed by atoms with Crippen LogP contribution in [0.2, 0.25) is 0 Å². The minimum absolute atomic E-state index is 0.0188. The average molecular weight is 492 g/mol. The lowest BCUT2D eigenvalue weighted by molar-refractivity contribution is -0.137. The second-order valence-electron chi connectivity index (χ2n) is 8.28. The van der Waals surface area contributed by atoms with Gasteiger partial charge in [-0.05, 0) is 62.6 Å². The molecule has 1 aliphatic heterocycles. The number of hydrogen-bond acceptors (Lipinski definition) is 4. The summed E-state index contributed by atoms with van der Waals surface area (Å²) in [6, 6.07) is 9.10. The molecule has 6 nitrogen and oxygen atoms in total. The number of fused-ring (bicyclic) bond motifs is 1. The summed E-state index contributed by atoms with van der Waals surface area (Å²) in [6.07, 6.45) is -2.75. The minimum Gasteiger partial charge on any atom is -0.376 e. The molecule has 10 heteroatoms. The summed E-state index contributed by atoms with van der Waals surface area (Å²) in [5.74, 6) is -1.07. The van der Waals surface area contributed by atoms with Crippen LogP contribution in [0.4, 0.5) is 13.2 Å². The van der Waals surface area contributed by atoms with Crippen molar-refractivity contribution in [3.8, 4) is 0 Å². The third kappa shape index (κ3) is 5.23. The molecule has 1 aromatic heterocycles. The standard InChI is InChI=1S/C24H24F3N3O3S/c1-14-8-9-19-20(11-14)34-23(29-22(32)16-5-3-6-17(12-16)24(25,26)27)30(19)15(2)21(31)28-13-18-7-4-10-33-18/h3,5-6,8-9,11-12,15,18H,4,7,10,13H2,1-2H3,(H,28,31)/t15-,18-/m1/s1. The number of hydrogen-bond donors (Lipinski definition) is 1. The summed E-state index contributed by atoms with van der Waals surface area (Å²) in [5, 5.41) is 2.89. The van der Waals surface area contributed by atoms with Gasteiger partial charge in [0.05, 0.1) is 21.9 Å². The second-order valence-corrected chi connectivity index (χ2v) is 9.29. The molecule has 1 saturated heterocycles. The number of halogens is 3. The molecule has 0 saturated carbocycles. The number of aromatic nitrogens is 1.